The molecule has 0 fully saturated rings. The first-order chi connectivity index (χ1) is 14.4. The Morgan fingerprint density at radius 2 is 1.83 bits per heavy atom. The van der Waals surface area contributed by atoms with Gasteiger partial charge in [0.2, 0.25) is 5.91 Å². The Balaban J connectivity index is 0.00000341. The Labute approximate surface area is 179 Å². The number of nitrogens with two attached hydrogens (primary N) is 1. The largest absolute Gasteiger partial charge is 0.505 e. The molecule has 5 N–H and O–H groups in total. The Morgan fingerprint density at radius 3 is 2.47 bits per heavy atom. The van der Waals surface area contributed by atoms with Gasteiger partial charge in [0.05, 0.1) is 0 Å². The van der Waals surface area contributed by atoms with Crippen LogP contribution in [0, 0.1) is 0 Å². The van der Waals surface area contributed by atoms with Crippen molar-refractivity contribution >= 4 is 34.8 Å². The number of hydrogen-bond donors (Lipinski definition) is 4. The van der Waals surface area contributed by atoms with Crippen molar-refractivity contribution in [2.24, 2.45) is 5.73 Å². The molecule has 0 radical (unpaired) electrons. The van der Waals surface area contributed by atoms with Gasteiger partial charge in [-0.3, -0.25) is 9.59 Å². The van der Waals surface area contributed by atoms with E-state index in [-0.39, 0.29) is 37.0 Å². The molecule has 30 heavy (non-hydrogen) atoms. The van der Waals surface area contributed by atoms with Crippen LogP contribution in [0.15, 0.2) is 60.7 Å². The number of carbonyl (C=O) groups excluding carboxylic acids is 2. The minimum absolute atomic E-state index is 0. The number of benzene rings is 3. The first-order valence-electron chi connectivity index (χ1n) is 9.04. The van der Waals surface area contributed by atoms with E-state index in [1.54, 1.807) is 60.7 Å². The first-order valence-corrected chi connectivity index (χ1v) is 9.42. The van der Waals surface area contributed by atoms with Crippen molar-refractivity contribution in [3.8, 4) is 17.2 Å². The van der Waals surface area contributed by atoms with Crippen LogP contribution in [0.4, 0.5) is 11.4 Å². The summed E-state index contributed by atoms with van der Waals surface area (Å²) in [6.07, 6.45) is 0. The molecule has 0 saturated heterocycles. The van der Waals surface area contributed by atoms with E-state index >= 15 is 0 Å². The van der Waals surface area contributed by atoms with E-state index in [2.05, 4.69) is 10.6 Å². The van der Waals surface area contributed by atoms with Gasteiger partial charge in [0.15, 0.2) is 5.75 Å². The molecule has 0 atom stereocenters. The summed E-state index contributed by atoms with van der Waals surface area (Å²) in [5.74, 6) is -0.0849. The lowest BCUT2D eigenvalue weighted by molar-refractivity contribution is -0.114. The van der Waals surface area contributed by atoms with Gasteiger partial charge in [-0.1, -0.05) is 23.7 Å². The molecular weight excluding hydrogens is 406 g/mol. The summed E-state index contributed by atoms with van der Waals surface area (Å²) in [7, 11) is 0. The summed E-state index contributed by atoms with van der Waals surface area (Å²) in [6, 6.07) is 16.5. The maximum Gasteiger partial charge on any atom is 0.255 e. The lowest BCUT2D eigenvalue weighted by Gasteiger charge is -2.15. The number of halogens is 1. The minimum Gasteiger partial charge on any atom is -0.505 e. The van der Waals surface area contributed by atoms with Crippen LogP contribution >= 0.6 is 11.6 Å². The van der Waals surface area contributed by atoms with Crippen LogP contribution in [0.3, 0.4) is 0 Å². The average molecular weight is 428 g/mol. The molecule has 0 aliphatic heterocycles. The Morgan fingerprint density at radius 1 is 1.10 bits per heavy atom. The molecule has 3 rings (SSSR count). The molecule has 7 nitrogen and oxygen atoms in total. The third kappa shape index (κ3) is 5.08. The number of hydrogen-bond acceptors (Lipinski definition) is 5. The molecular formula is C22H22ClN3O4. The summed E-state index contributed by atoms with van der Waals surface area (Å²) in [5, 5.41) is 16.1. The number of amides is 2. The standard InChI is InChI=1S/C22H20ClN3O4.H2/c1-13(27)25-20-19(10-5-15(12-24)21(20)28)30-18-8-6-17(7-9-18)26-22(29)14-3-2-4-16(23)11-14;/h2-11,28H,12,24H2,1H3,(H,25,27)(H,26,29);1H. The quantitative estimate of drug-likeness (QED) is 0.424. The molecule has 0 aliphatic carbocycles. The zero-order chi connectivity index (χ0) is 21.7. The van der Waals surface area contributed by atoms with E-state index in [0.29, 0.717) is 27.6 Å². The van der Waals surface area contributed by atoms with Crippen molar-refractivity contribution in [2.45, 2.75) is 13.5 Å². The number of phenolic OH excluding ortho intramolecular Hbond substituents is 1. The smallest absolute Gasteiger partial charge is 0.255 e. The number of phenols is 1. The number of aromatic hydroxyl groups is 1. The zero-order valence-electron chi connectivity index (χ0n) is 16.1. The number of anilines is 2. The molecule has 0 aliphatic rings. The normalized spacial score (nSPS) is 10.4. The Bertz CT molecular complexity index is 1090. The fourth-order valence-electron chi connectivity index (χ4n) is 2.73. The van der Waals surface area contributed by atoms with E-state index < -0.39 is 0 Å². The summed E-state index contributed by atoms with van der Waals surface area (Å²) in [6.45, 7) is 1.44. The van der Waals surface area contributed by atoms with Gasteiger partial charge in [-0.15, -0.1) is 0 Å². The predicted octanol–water partition coefficient (Wildman–Crippen LogP) is 4.75. The van der Waals surface area contributed by atoms with E-state index in [9.17, 15) is 14.7 Å². The molecule has 0 heterocycles. The van der Waals surface area contributed by atoms with Crippen LogP contribution in [0.2, 0.25) is 5.02 Å². The monoisotopic (exact) mass is 427 g/mol. The zero-order valence-corrected chi connectivity index (χ0v) is 16.9. The van der Waals surface area contributed by atoms with Crippen LogP contribution in [-0.2, 0) is 11.3 Å². The van der Waals surface area contributed by atoms with Gasteiger partial charge in [0, 0.05) is 36.7 Å². The number of ether oxygens (including phenoxy) is 1. The third-order valence-corrected chi connectivity index (χ3v) is 4.41. The van der Waals surface area contributed by atoms with Crippen molar-refractivity contribution in [2.75, 3.05) is 10.6 Å². The highest BCUT2D eigenvalue weighted by Crippen LogP contribution is 2.39. The second kappa shape index (κ2) is 9.30. The number of rotatable bonds is 6. The van der Waals surface area contributed by atoms with Gasteiger partial charge in [-0.25, -0.2) is 0 Å². The van der Waals surface area contributed by atoms with Crippen LogP contribution in [0.5, 0.6) is 17.2 Å². The van der Waals surface area contributed by atoms with Crippen molar-refractivity contribution in [3.05, 3.63) is 76.8 Å². The van der Waals surface area contributed by atoms with Crippen LogP contribution < -0.4 is 21.1 Å². The fraction of sp³-hybridized carbons (Fsp3) is 0.0909. The maximum absolute atomic E-state index is 12.3. The highest BCUT2D eigenvalue weighted by atomic mass is 35.5. The van der Waals surface area contributed by atoms with Crippen molar-refractivity contribution in [3.63, 3.8) is 0 Å². The molecule has 0 unspecified atom stereocenters. The lowest BCUT2D eigenvalue weighted by atomic mass is 10.1. The maximum atomic E-state index is 12.3. The molecule has 3 aromatic rings. The van der Waals surface area contributed by atoms with Crippen LogP contribution in [0.25, 0.3) is 0 Å². The summed E-state index contributed by atoms with van der Waals surface area (Å²) < 4.78 is 5.81. The highest BCUT2D eigenvalue weighted by Gasteiger charge is 2.15. The third-order valence-electron chi connectivity index (χ3n) is 4.17. The van der Waals surface area contributed by atoms with Crippen LogP contribution in [0.1, 0.15) is 24.3 Å². The highest BCUT2D eigenvalue weighted by molar-refractivity contribution is 6.31. The van der Waals surface area contributed by atoms with Gasteiger partial charge < -0.3 is 26.2 Å². The summed E-state index contributed by atoms with van der Waals surface area (Å²) in [4.78, 5) is 23.8. The van der Waals surface area contributed by atoms with Gasteiger partial charge in [-0.05, 0) is 48.5 Å². The first kappa shape index (κ1) is 21.2. The average Bonchev–Trinajstić information content (AvgIpc) is 2.72. The van der Waals surface area contributed by atoms with Gasteiger partial charge in [-0.2, -0.15) is 0 Å². The summed E-state index contributed by atoms with van der Waals surface area (Å²) >= 11 is 5.92. The van der Waals surface area contributed by atoms with E-state index in [4.69, 9.17) is 22.1 Å². The molecule has 0 spiro atoms. The van der Waals surface area contributed by atoms with Crippen molar-refractivity contribution < 1.29 is 20.9 Å². The van der Waals surface area contributed by atoms with E-state index in [0.717, 1.165) is 0 Å². The van der Waals surface area contributed by atoms with Crippen molar-refractivity contribution in [1.29, 1.82) is 0 Å². The molecule has 3 aromatic carbocycles. The second-order valence-corrected chi connectivity index (χ2v) is 6.86. The van der Waals surface area contributed by atoms with E-state index in [1.165, 1.54) is 6.92 Å². The molecule has 8 heteroatoms. The molecule has 0 saturated carbocycles. The van der Waals surface area contributed by atoms with Gasteiger partial charge in [0.1, 0.15) is 17.2 Å². The Hall–Kier alpha value is -3.55. The number of carbonyl (C=O) groups is 2. The van der Waals surface area contributed by atoms with Crippen LogP contribution in [-0.4, -0.2) is 16.9 Å². The lowest BCUT2D eigenvalue weighted by Crippen LogP contribution is -2.11. The predicted molar refractivity (Wildman–Crippen MR) is 118 cm³/mol. The molecule has 0 bridgehead atoms. The SMILES string of the molecule is CC(=O)Nc1c(Oc2ccc(NC(=O)c3cccc(Cl)c3)cc2)ccc(CN)c1O.[HH]. The molecule has 0 aromatic heterocycles. The molecule has 2 amide bonds. The van der Waals surface area contributed by atoms with E-state index in [1.807, 2.05) is 0 Å². The van der Waals surface area contributed by atoms with Gasteiger partial charge in [0.25, 0.3) is 5.91 Å². The topological polar surface area (TPSA) is 114 Å². The Kier molecular flexibility index (Phi) is 6.56. The number of nitrogens with one attached hydrogen (secondary N) is 2. The summed E-state index contributed by atoms with van der Waals surface area (Å²) in [5.41, 5.74) is 7.23. The fourth-order valence-corrected chi connectivity index (χ4v) is 2.92. The van der Waals surface area contributed by atoms with Crippen molar-refractivity contribution in [1.82, 2.24) is 0 Å². The second-order valence-electron chi connectivity index (χ2n) is 6.42. The van der Waals surface area contributed by atoms with Gasteiger partial charge >= 0.3 is 0 Å². The molecule has 156 valence electrons. The minimum atomic E-state index is -0.358.